The Morgan fingerprint density at radius 3 is 1.81 bits per heavy atom. The molecule has 0 radical (unpaired) electrons. The van der Waals surface area contributed by atoms with E-state index in [1.165, 1.54) is 75.8 Å². The zero-order valence-electron chi connectivity index (χ0n) is 37.4. The van der Waals surface area contributed by atoms with Gasteiger partial charge in [-0.2, -0.15) is 0 Å². The first-order chi connectivity index (χ1) is 34.1. The Morgan fingerprint density at radius 2 is 1.04 bits per heavy atom. The summed E-state index contributed by atoms with van der Waals surface area (Å²) in [6.07, 6.45) is 0. The molecule has 10 aromatic carbocycles. The Hall–Kier alpha value is -8.64. The molecule has 0 aliphatic heterocycles. The minimum atomic E-state index is -0.355. The van der Waals surface area contributed by atoms with Crippen LogP contribution in [-0.4, -0.2) is 11.7 Å². The third kappa shape index (κ3) is 6.07. The molecule has 14 rings (SSSR count). The summed E-state index contributed by atoms with van der Waals surface area (Å²) >= 11 is 1.77. The summed E-state index contributed by atoms with van der Waals surface area (Å²) in [6, 6.07) is 80.7. The summed E-state index contributed by atoms with van der Waals surface area (Å²) in [5.74, 6) is 1.00. The molecule has 1 spiro atoms. The Balaban J connectivity index is 0.824. The van der Waals surface area contributed by atoms with Gasteiger partial charge in [0.2, 0.25) is 0 Å². The predicted molar refractivity (Wildman–Crippen MR) is 288 cm³/mol. The number of amidine groups is 2. The first-order valence-electron chi connectivity index (χ1n) is 23.4. The molecule has 5 heteroatoms. The molecule has 4 nitrogen and oxygen atoms in total. The molecule has 2 N–H and O–H groups in total. The van der Waals surface area contributed by atoms with Crippen molar-refractivity contribution in [2.75, 3.05) is 0 Å². The third-order valence-corrected chi connectivity index (χ3v) is 15.6. The molecule has 0 amide bonds. The van der Waals surface area contributed by atoms with Crippen molar-refractivity contribution >= 4 is 65.1 Å². The Bertz CT molecular complexity index is 4090. The van der Waals surface area contributed by atoms with Crippen molar-refractivity contribution in [1.82, 2.24) is 0 Å². The average molecular weight is 900 g/mol. The predicted octanol–water partition coefficient (Wildman–Crippen LogP) is 16.0. The highest BCUT2D eigenvalue weighted by Crippen LogP contribution is 2.63. The van der Waals surface area contributed by atoms with Crippen molar-refractivity contribution in [3.05, 3.63) is 263 Å². The number of nitrogens with zero attached hydrogens (tertiary/aromatic N) is 2. The highest BCUT2D eigenvalue weighted by Gasteiger charge is 2.51. The molecule has 0 unspecified atom stereocenters. The van der Waals surface area contributed by atoms with Crippen molar-refractivity contribution in [2.24, 2.45) is 15.7 Å². The van der Waals surface area contributed by atoms with Crippen LogP contribution >= 0.6 is 11.3 Å². The van der Waals surface area contributed by atoms with Crippen molar-refractivity contribution in [3.63, 3.8) is 0 Å². The van der Waals surface area contributed by atoms with Crippen LogP contribution in [0.2, 0.25) is 0 Å². The van der Waals surface area contributed by atoms with Gasteiger partial charge in [-0.1, -0.05) is 182 Å². The van der Waals surface area contributed by atoms with Crippen molar-refractivity contribution in [3.8, 4) is 44.5 Å². The third-order valence-electron chi connectivity index (χ3n) is 14.4. The van der Waals surface area contributed by atoms with Crippen LogP contribution in [0.1, 0.15) is 38.9 Å². The number of hydrogen-bond donors (Lipinski definition) is 1. The second kappa shape index (κ2) is 15.5. The van der Waals surface area contributed by atoms with Crippen LogP contribution < -0.4 is 5.73 Å². The largest absolute Gasteiger partial charge is 0.456 e. The average Bonchev–Trinajstić information content (AvgIpc) is 4.15. The van der Waals surface area contributed by atoms with E-state index in [-0.39, 0.29) is 5.41 Å². The van der Waals surface area contributed by atoms with E-state index in [0.717, 1.165) is 49.8 Å². The van der Waals surface area contributed by atoms with Crippen molar-refractivity contribution in [1.29, 1.82) is 0 Å². The zero-order chi connectivity index (χ0) is 45.6. The van der Waals surface area contributed by atoms with E-state index in [9.17, 15) is 0 Å². The summed E-state index contributed by atoms with van der Waals surface area (Å²) in [6.45, 7) is 0.391. The second-order valence-corrected chi connectivity index (χ2v) is 19.2. The van der Waals surface area contributed by atoms with Crippen LogP contribution in [0, 0.1) is 0 Å². The van der Waals surface area contributed by atoms with E-state index in [1.807, 2.05) is 42.5 Å². The van der Waals surface area contributed by atoms with Gasteiger partial charge in [0.05, 0.1) is 12.0 Å². The molecule has 324 valence electrons. The fraction of sp³-hybridized carbons (Fsp3) is 0.0312. The van der Waals surface area contributed by atoms with Gasteiger partial charge in [0.15, 0.2) is 5.84 Å². The summed E-state index contributed by atoms with van der Waals surface area (Å²) in [4.78, 5) is 10.2. The van der Waals surface area contributed by atoms with E-state index < -0.39 is 0 Å². The van der Waals surface area contributed by atoms with Crippen LogP contribution in [0.15, 0.2) is 239 Å². The first-order valence-corrected chi connectivity index (χ1v) is 24.3. The number of benzene rings is 10. The summed E-state index contributed by atoms with van der Waals surface area (Å²) < 4.78 is 8.94. The number of fused-ring (bicyclic) bond motifs is 16. The SMILES string of the molecule is NC(=NC(=NCc1cccc2oc3ccc(-c4cccc(-c5ccc6c(c5)-c5ccccc5C65c6ccccc6-c6ccccc65)c4)cc3c12)c1ccccc1)c1ccc2c(c1)sc1ccccc12. The number of thiophene rings is 1. The number of rotatable bonds is 6. The van der Waals surface area contributed by atoms with Gasteiger partial charge in [-0.25, -0.2) is 4.99 Å². The van der Waals surface area contributed by atoms with Crippen LogP contribution in [0.3, 0.4) is 0 Å². The fourth-order valence-electron chi connectivity index (χ4n) is 11.4. The number of hydrogen-bond acceptors (Lipinski definition) is 3. The van der Waals surface area contributed by atoms with Crippen LogP contribution in [-0.2, 0) is 12.0 Å². The van der Waals surface area contributed by atoms with Gasteiger partial charge in [0.1, 0.15) is 17.0 Å². The Morgan fingerprint density at radius 1 is 0.435 bits per heavy atom. The van der Waals surface area contributed by atoms with Gasteiger partial charge in [-0.05, 0) is 115 Å². The van der Waals surface area contributed by atoms with E-state index in [0.29, 0.717) is 18.2 Å². The molecule has 2 aliphatic rings. The van der Waals surface area contributed by atoms with Gasteiger partial charge in [-0.3, -0.25) is 4.99 Å². The number of aliphatic imine (C=N–C) groups is 2. The minimum Gasteiger partial charge on any atom is -0.456 e. The molecule has 69 heavy (non-hydrogen) atoms. The standard InChI is InChI=1S/C64H41N3OS/c65-62(44-28-31-50-49-22-7-11-27-59(49)69-60(50)37-44)67-63(39-14-2-1-3-15-39)66-38-45-18-13-26-58-61(45)52-36-43(30-33-57(52)68-58)41-17-12-16-40(34-41)42-29-32-56-51(35-42)48-21-6-10-25-55(48)64(56)53-23-8-4-19-46(53)47-20-5-9-24-54(47)64/h1-37H,38H2,(H2,65,66,67). The molecule has 2 aliphatic carbocycles. The monoisotopic (exact) mass is 899 g/mol. The maximum Gasteiger partial charge on any atom is 0.157 e. The summed E-state index contributed by atoms with van der Waals surface area (Å²) in [7, 11) is 0. The molecule has 12 aromatic rings. The van der Waals surface area contributed by atoms with E-state index in [2.05, 4.69) is 182 Å². The molecule has 0 bridgehead atoms. The van der Waals surface area contributed by atoms with E-state index >= 15 is 0 Å². The highest BCUT2D eigenvalue weighted by atomic mass is 32.1. The van der Waals surface area contributed by atoms with Crippen LogP contribution in [0.25, 0.3) is 86.6 Å². The molecule has 0 saturated heterocycles. The maximum atomic E-state index is 6.81. The summed E-state index contributed by atoms with van der Waals surface area (Å²) in [5.41, 5.74) is 26.2. The molecule has 0 saturated carbocycles. The molecule has 2 aromatic heterocycles. The Kier molecular flexibility index (Phi) is 8.85. The second-order valence-electron chi connectivity index (χ2n) is 18.1. The minimum absolute atomic E-state index is 0.355. The lowest BCUT2D eigenvalue weighted by molar-refractivity contribution is 0.668. The van der Waals surface area contributed by atoms with Crippen LogP contribution in [0.5, 0.6) is 0 Å². The van der Waals surface area contributed by atoms with Gasteiger partial charge in [0.25, 0.3) is 0 Å². The Labute approximate surface area is 403 Å². The topological polar surface area (TPSA) is 63.9 Å². The molecular formula is C64H41N3OS. The molecule has 2 heterocycles. The summed E-state index contributed by atoms with van der Waals surface area (Å²) in [5, 5.41) is 4.58. The van der Waals surface area contributed by atoms with Gasteiger partial charge >= 0.3 is 0 Å². The lowest BCUT2D eigenvalue weighted by Gasteiger charge is -2.30. The van der Waals surface area contributed by atoms with Crippen molar-refractivity contribution in [2.45, 2.75) is 12.0 Å². The van der Waals surface area contributed by atoms with Gasteiger partial charge in [-0.15, -0.1) is 11.3 Å². The van der Waals surface area contributed by atoms with Gasteiger partial charge < -0.3 is 10.2 Å². The van der Waals surface area contributed by atoms with Crippen molar-refractivity contribution < 1.29 is 4.42 Å². The molecular weight excluding hydrogens is 859 g/mol. The van der Waals surface area contributed by atoms with E-state index in [4.69, 9.17) is 20.1 Å². The molecule has 0 fully saturated rings. The zero-order valence-corrected chi connectivity index (χ0v) is 38.2. The fourth-order valence-corrected chi connectivity index (χ4v) is 12.5. The maximum absolute atomic E-state index is 6.81. The number of nitrogens with two attached hydrogens (primary N) is 1. The lowest BCUT2D eigenvalue weighted by atomic mass is 9.70. The first kappa shape index (κ1) is 39.5. The smallest absolute Gasteiger partial charge is 0.157 e. The van der Waals surface area contributed by atoms with Gasteiger partial charge in [0, 0.05) is 42.1 Å². The van der Waals surface area contributed by atoms with E-state index in [1.54, 1.807) is 11.3 Å². The lowest BCUT2D eigenvalue weighted by Crippen LogP contribution is -2.25. The normalized spacial score (nSPS) is 13.6. The highest BCUT2D eigenvalue weighted by molar-refractivity contribution is 7.25. The number of furan rings is 1. The van der Waals surface area contributed by atoms with Crippen LogP contribution in [0.4, 0.5) is 0 Å². The molecule has 0 atom stereocenters. The quantitative estimate of drug-likeness (QED) is 0.133.